The molecule has 2 aromatic carbocycles. The molecule has 6 nitrogen and oxygen atoms in total. The van der Waals surface area contributed by atoms with Crippen molar-refractivity contribution in [2.45, 2.75) is 33.2 Å². The quantitative estimate of drug-likeness (QED) is 0.534. The smallest absolute Gasteiger partial charge is 0.257 e. The van der Waals surface area contributed by atoms with Crippen molar-refractivity contribution in [1.29, 1.82) is 0 Å². The minimum absolute atomic E-state index is 0.0244. The third-order valence-corrected chi connectivity index (χ3v) is 4.85. The number of rotatable bonds is 10. The van der Waals surface area contributed by atoms with Gasteiger partial charge in [-0.25, -0.2) is 4.98 Å². The summed E-state index contributed by atoms with van der Waals surface area (Å²) in [5.41, 5.74) is 4.25. The van der Waals surface area contributed by atoms with Crippen LogP contribution in [-0.4, -0.2) is 42.3 Å². The van der Waals surface area contributed by atoms with Gasteiger partial charge in [0.05, 0.1) is 17.6 Å². The van der Waals surface area contributed by atoms with Crippen LogP contribution in [0.15, 0.2) is 42.5 Å². The zero-order valence-corrected chi connectivity index (χ0v) is 17.4. The van der Waals surface area contributed by atoms with Crippen molar-refractivity contribution in [3.63, 3.8) is 0 Å². The molecular weight excluding hydrogens is 366 g/mol. The second kappa shape index (κ2) is 10.1. The Morgan fingerprint density at radius 1 is 1.17 bits per heavy atom. The Labute approximate surface area is 171 Å². The molecule has 1 N–H and O–H groups in total. The average Bonchev–Trinajstić information content (AvgIpc) is 3.07. The number of ether oxygens (including phenoxy) is 2. The fourth-order valence-corrected chi connectivity index (χ4v) is 3.28. The standard InChI is InChI=1S/C23H29N3O3/c1-17-10-11-18(2)21(15-17)29-16-23(27)24-12-6-9-22-25-19-7-4-5-8-20(19)26(22)13-14-28-3/h4-5,7-8,10-11,15H,6,9,12-14,16H2,1-3H3,(H,24,27). The number of nitrogens with zero attached hydrogens (tertiary/aromatic N) is 2. The van der Waals surface area contributed by atoms with Gasteiger partial charge in [-0.05, 0) is 49.6 Å². The first-order chi connectivity index (χ1) is 14.1. The molecule has 0 fully saturated rings. The molecule has 0 bridgehead atoms. The molecule has 0 unspecified atom stereocenters. The summed E-state index contributed by atoms with van der Waals surface area (Å²) in [4.78, 5) is 16.8. The van der Waals surface area contributed by atoms with Gasteiger partial charge in [0.2, 0.25) is 0 Å². The highest BCUT2D eigenvalue weighted by atomic mass is 16.5. The van der Waals surface area contributed by atoms with Gasteiger partial charge in [0.15, 0.2) is 6.61 Å². The van der Waals surface area contributed by atoms with E-state index in [2.05, 4.69) is 16.0 Å². The first kappa shape index (κ1) is 20.9. The molecule has 0 aliphatic carbocycles. The zero-order valence-electron chi connectivity index (χ0n) is 17.4. The number of amides is 1. The first-order valence-electron chi connectivity index (χ1n) is 9.98. The van der Waals surface area contributed by atoms with Crippen LogP contribution in [0, 0.1) is 13.8 Å². The Balaban J connectivity index is 1.48. The molecule has 29 heavy (non-hydrogen) atoms. The molecule has 0 atom stereocenters. The summed E-state index contributed by atoms with van der Waals surface area (Å²) in [6.07, 6.45) is 1.60. The molecule has 1 amide bonds. The van der Waals surface area contributed by atoms with Crippen LogP contribution in [0.25, 0.3) is 11.0 Å². The fourth-order valence-electron chi connectivity index (χ4n) is 3.28. The third-order valence-electron chi connectivity index (χ3n) is 4.85. The van der Waals surface area contributed by atoms with Crippen LogP contribution >= 0.6 is 0 Å². The molecule has 1 heterocycles. The van der Waals surface area contributed by atoms with E-state index in [4.69, 9.17) is 14.5 Å². The maximum Gasteiger partial charge on any atom is 0.257 e. The number of imidazole rings is 1. The fraction of sp³-hybridized carbons (Fsp3) is 0.391. The summed E-state index contributed by atoms with van der Waals surface area (Å²) in [5, 5.41) is 2.93. The molecule has 0 saturated heterocycles. The summed E-state index contributed by atoms with van der Waals surface area (Å²) in [6, 6.07) is 14.1. The number of carbonyl (C=O) groups is 1. The number of aryl methyl sites for hydroxylation is 3. The molecule has 6 heteroatoms. The Kier molecular flexibility index (Phi) is 7.25. The van der Waals surface area contributed by atoms with Crippen molar-refractivity contribution in [2.75, 3.05) is 26.9 Å². The van der Waals surface area contributed by atoms with Crippen LogP contribution in [0.2, 0.25) is 0 Å². The van der Waals surface area contributed by atoms with Gasteiger partial charge in [0, 0.05) is 26.6 Å². The number of carbonyl (C=O) groups excluding carboxylic acids is 1. The van der Waals surface area contributed by atoms with Crippen molar-refractivity contribution in [1.82, 2.24) is 14.9 Å². The minimum atomic E-state index is -0.112. The SMILES string of the molecule is COCCn1c(CCCNC(=O)COc2cc(C)ccc2C)nc2ccccc21. The number of nitrogens with one attached hydrogen (secondary N) is 1. The number of fused-ring (bicyclic) bond motifs is 1. The highest BCUT2D eigenvalue weighted by molar-refractivity contribution is 5.77. The lowest BCUT2D eigenvalue weighted by Crippen LogP contribution is -2.30. The Morgan fingerprint density at radius 2 is 2.00 bits per heavy atom. The zero-order chi connectivity index (χ0) is 20.6. The molecule has 0 saturated carbocycles. The van der Waals surface area contributed by atoms with Crippen LogP contribution in [0.1, 0.15) is 23.4 Å². The Morgan fingerprint density at radius 3 is 2.83 bits per heavy atom. The number of methoxy groups -OCH3 is 1. The molecule has 3 aromatic rings. The van der Waals surface area contributed by atoms with Gasteiger partial charge in [-0.15, -0.1) is 0 Å². The van der Waals surface area contributed by atoms with Gasteiger partial charge < -0.3 is 19.4 Å². The Hall–Kier alpha value is -2.86. The lowest BCUT2D eigenvalue weighted by Gasteiger charge is -2.11. The second-order valence-corrected chi connectivity index (χ2v) is 7.17. The van der Waals surface area contributed by atoms with E-state index < -0.39 is 0 Å². The summed E-state index contributed by atoms with van der Waals surface area (Å²) >= 11 is 0. The van der Waals surface area contributed by atoms with Gasteiger partial charge in [0.1, 0.15) is 11.6 Å². The molecule has 0 spiro atoms. The predicted molar refractivity (Wildman–Crippen MR) is 114 cm³/mol. The topological polar surface area (TPSA) is 65.4 Å². The van der Waals surface area contributed by atoms with E-state index in [1.165, 1.54) is 0 Å². The molecule has 154 valence electrons. The monoisotopic (exact) mass is 395 g/mol. The molecule has 0 radical (unpaired) electrons. The molecule has 1 aromatic heterocycles. The predicted octanol–water partition coefficient (Wildman–Crippen LogP) is 3.43. The van der Waals surface area contributed by atoms with E-state index in [-0.39, 0.29) is 12.5 Å². The molecule has 3 rings (SSSR count). The van der Waals surface area contributed by atoms with Crippen molar-refractivity contribution in [2.24, 2.45) is 0 Å². The summed E-state index contributed by atoms with van der Waals surface area (Å²) in [7, 11) is 1.70. The van der Waals surface area contributed by atoms with Crippen LogP contribution in [0.4, 0.5) is 0 Å². The van der Waals surface area contributed by atoms with Crippen molar-refractivity contribution < 1.29 is 14.3 Å². The first-order valence-corrected chi connectivity index (χ1v) is 9.98. The maximum absolute atomic E-state index is 12.1. The van der Waals surface area contributed by atoms with Crippen LogP contribution in [0.3, 0.4) is 0 Å². The van der Waals surface area contributed by atoms with Gasteiger partial charge in [0.25, 0.3) is 5.91 Å². The summed E-state index contributed by atoms with van der Waals surface area (Å²) < 4.78 is 13.1. The highest BCUT2D eigenvalue weighted by Gasteiger charge is 2.10. The summed E-state index contributed by atoms with van der Waals surface area (Å²) in [5.74, 6) is 1.66. The van der Waals surface area contributed by atoms with Crippen LogP contribution in [-0.2, 0) is 22.5 Å². The molecule has 0 aliphatic rings. The number of benzene rings is 2. The lowest BCUT2D eigenvalue weighted by molar-refractivity contribution is -0.123. The lowest BCUT2D eigenvalue weighted by atomic mass is 10.1. The second-order valence-electron chi connectivity index (χ2n) is 7.17. The number of para-hydroxylation sites is 2. The van der Waals surface area contributed by atoms with Gasteiger partial charge in [-0.2, -0.15) is 0 Å². The number of hydrogen-bond donors (Lipinski definition) is 1. The largest absolute Gasteiger partial charge is 0.483 e. The highest BCUT2D eigenvalue weighted by Crippen LogP contribution is 2.19. The summed E-state index contributed by atoms with van der Waals surface area (Å²) in [6.45, 7) is 6.00. The van der Waals surface area contributed by atoms with E-state index >= 15 is 0 Å². The average molecular weight is 396 g/mol. The third kappa shape index (κ3) is 5.57. The van der Waals surface area contributed by atoms with E-state index in [0.717, 1.165) is 53.1 Å². The van der Waals surface area contributed by atoms with Crippen molar-refractivity contribution in [3.8, 4) is 5.75 Å². The molecule has 0 aliphatic heterocycles. The van der Waals surface area contributed by atoms with E-state index in [1.54, 1.807) is 7.11 Å². The maximum atomic E-state index is 12.1. The van der Waals surface area contributed by atoms with Crippen molar-refractivity contribution in [3.05, 3.63) is 59.4 Å². The van der Waals surface area contributed by atoms with Crippen LogP contribution < -0.4 is 10.1 Å². The van der Waals surface area contributed by atoms with E-state index in [1.807, 2.05) is 50.2 Å². The van der Waals surface area contributed by atoms with Gasteiger partial charge in [-0.1, -0.05) is 24.3 Å². The number of hydrogen-bond acceptors (Lipinski definition) is 4. The van der Waals surface area contributed by atoms with Gasteiger partial charge in [-0.3, -0.25) is 4.79 Å². The van der Waals surface area contributed by atoms with Gasteiger partial charge >= 0.3 is 0 Å². The van der Waals surface area contributed by atoms with Crippen molar-refractivity contribution >= 4 is 16.9 Å². The Bertz CT molecular complexity index is 965. The van der Waals surface area contributed by atoms with E-state index in [0.29, 0.717) is 13.2 Å². The molecular formula is C23H29N3O3. The normalized spacial score (nSPS) is 11.0. The van der Waals surface area contributed by atoms with Crippen LogP contribution in [0.5, 0.6) is 5.75 Å². The minimum Gasteiger partial charge on any atom is -0.483 e. The van der Waals surface area contributed by atoms with E-state index in [9.17, 15) is 4.79 Å². The number of aromatic nitrogens is 2.